The molecule has 4 rings (SSSR count). The van der Waals surface area contributed by atoms with E-state index in [1.807, 2.05) is 30.3 Å². The number of amides is 2. The molecular formula is C27H26N2O5. The number of rotatable bonds is 8. The van der Waals surface area contributed by atoms with Crippen molar-refractivity contribution in [2.24, 2.45) is 0 Å². The zero-order chi connectivity index (χ0) is 24.1. The number of hydrogen-bond acceptors (Lipinski definition) is 4. The number of aliphatic carboxylic acids is 1. The van der Waals surface area contributed by atoms with Crippen molar-refractivity contribution in [3.63, 3.8) is 0 Å². The van der Waals surface area contributed by atoms with Crippen LogP contribution in [0.25, 0.3) is 11.1 Å². The summed E-state index contributed by atoms with van der Waals surface area (Å²) in [4.78, 5) is 35.3. The number of carboxylic acid groups (broad SMARTS) is 1. The van der Waals surface area contributed by atoms with Crippen molar-refractivity contribution >= 4 is 23.7 Å². The van der Waals surface area contributed by atoms with Gasteiger partial charge in [-0.05, 0) is 53.3 Å². The number of carbonyl (C=O) groups excluding carboxylic acids is 2. The molecule has 2 amide bonds. The van der Waals surface area contributed by atoms with Crippen molar-refractivity contribution in [3.05, 3.63) is 89.5 Å². The first-order valence-electron chi connectivity index (χ1n) is 11.2. The Bertz CT molecular complexity index is 1180. The zero-order valence-corrected chi connectivity index (χ0v) is 18.8. The third-order valence-corrected chi connectivity index (χ3v) is 5.91. The van der Waals surface area contributed by atoms with Crippen LogP contribution >= 0.6 is 0 Å². The number of aryl methyl sites for hydroxylation is 1. The molecule has 3 aromatic carbocycles. The highest BCUT2D eigenvalue weighted by atomic mass is 16.5. The summed E-state index contributed by atoms with van der Waals surface area (Å²) in [7, 11) is 0. The van der Waals surface area contributed by atoms with Crippen molar-refractivity contribution < 1.29 is 24.2 Å². The predicted octanol–water partition coefficient (Wildman–Crippen LogP) is 4.57. The first-order chi connectivity index (χ1) is 16.4. The van der Waals surface area contributed by atoms with Gasteiger partial charge >= 0.3 is 12.1 Å². The lowest BCUT2D eigenvalue weighted by Gasteiger charge is -2.15. The number of ether oxygens (including phenoxy) is 1. The smallest absolute Gasteiger partial charge is 0.411 e. The van der Waals surface area contributed by atoms with Gasteiger partial charge in [-0.25, -0.2) is 4.79 Å². The van der Waals surface area contributed by atoms with E-state index in [0.29, 0.717) is 12.1 Å². The number of nitrogens with one attached hydrogen (secondary N) is 2. The van der Waals surface area contributed by atoms with Crippen LogP contribution in [0.4, 0.5) is 10.5 Å². The van der Waals surface area contributed by atoms with Gasteiger partial charge in [0.2, 0.25) is 5.91 Å². The molecule has 3 N–H and O–H groups in total. The van der Waals surface area contributed by atoms with Gasteiger partial charge in [0.05, 0.1) is 0 Å². The molecule has 0 heterocycles. The van der Waals surface area contributed by atoms with Gasteiger partial charge in [0, 0.05) is 18.0 Å². The van der Waals surface area contributed by atoms with Gasteiger partial charge in [-0.15, -0.1) is 0 Å². The Balaban J connectivity index is 1.33. The number of hydrogen-bond donors (Lipinski definition) is 3. The second-order valence-corrected chi connectivity index (χ2v) is 8.28. The van der Waals surface area contributed by atoms with Crippen molar-refractivity contribution in [3.8, 4) is 11.1 Å². The summed E-state index contributed by atoms with van der Waals surface area (Å²) < 4.78 is 5.58. The molecular weight excluding hydrogens is 432 g/mol. The lowest BCUT2D eigenvalue weighted by atomic mass is 9.98. The maximum Gasteiger partial charge on any atom is 0.411 e. The van der Waals surface area contributed by atoms with Crippen molar-refractivity contribution in [1.82, 2.24) is 5.32 Å². The van der Waals surface area contributed by atoms with Crippen LogP contribution in [0, 0.1) is 0 Å². The van der Waals surface area contributed by atoms with Gasteiger partial charge in [-0.2, -0.15) is 0 Å². The molecule has 7 nitrogen and oxygen atoms in total. The molecule has 0 radical (unpaired) electrons. The summed E-state index contributed by atoms with van der Waals surface area (Å²) in [5.41, 5.74) is 6.04. The summed E-state index contributed by atoms with van der Waals surface area (Å²) >= 11 is 0. The van der Waals surface area contributed by atoms with Gasteiger partial charge in [0.25, 0.3) is 0 Å². The molecule has 0 fully saturated rings. The molecule has 0 aromatic heterocycles. The van der Waals surface area contributed by atoms with E-state index in [4.69, 9.17) is 9.84 Å². The standard InChI is InChI=1S/C27H26N2O5/c1-17(26(31)32)28-25(30)14-13-18-7-6-8-19(15-18)29-27(33)34-16-24-22-11-4-2-9-20(22)21-10-3-5-12-23(21)24/h2-12,15,17,24H,13-14,16H2,1H3,(H,28,30)(H,29,33)(H,31,32)/t17-/m0/s1. The van der Waals surface area contributed by atoms with Crippen LogP contribution in [0.3, 0.4) is 0 Å². The number of fused-ring (bicyclic) bond motifs is 3. The Morgan fingerprint density at radius 3 is 2.24 bits per heavy atom. The van der Waals surface area contributed by atoms with E-state index >= 15 is 0 Å². The summed E-state index contributed by atoms with van der Waals surface area (Å²) in [6.45, 7) is 1.64. The molecule has 0 saturated carbocycles. The van der Waals surface area contributed by atoms with Crippen LogP contribution in [0.2, 0.25) is 0 Å². The summed E-state index contributed by atoms with van der Waals surface area (Å²) in [5.74, 6) is -1.44. The highest BCUT2D eigenvalue weighted by molar-refractivity contribution is 5.85. The average molecular weight is 459 g/mol. The normalized spacial score (nSPS) is 12.9. The minimum atomic E-state index is -1.08. The van der Waals surface area contributed by atoms with E-state index in [-0.39, 0.29) is 24.9 Å². The minimum Gasteiger partial charge on any atom is -0.480 e. The predicted molar refractivity (Wildman–Crippen MR) is 129 cm³/mol. The van der Waals surface area contributed by atoms with Crippen LogP contribution in [0.5, 0.6) is 0 Å². The highest BCUT2D eigenvalue weighted by Crippen LogP contribution is 2.44. The van der Waals surface area contributed by atoms with Gasteiger partial charge in [0.15, 0.2) is 0 Å². The Morgan fingerprint density at radius 2 is 1.59 bits per heavy atom. The molecule has 34 heavy (non-hydrogen) atoms. The van der Waals surface area contributed by atoms with E-state index in [0.717, 1.165) is 16.7 Å². The number of benzene rings is 3. The van der Waals surface area contributed by atoms with E-state index in [2.05, 4.69) is 34.9 Å². The van der Waals surface area contributed by atoms with Crippen LogP contribution in [0.1, 0.15) is 36.0 Å². The molecule has 0 unspecified atom stereocenters. The lowest BCUT2D eigenvalue weighted by molar-refractivity contribution is -0.141. The Labute approximate surface area is 197 Å². The van der Waals surface area contributed by atoms with Crippen LogP contribution in [-0.2, 0) is 20.7 Å². The summed E-state index contributed by atoms with van der Waals surface area (Å²) in [5, 5.41) is 14.1. The Morgan fingerprint density at radius 1 is 0.941 bits per heavy atom. The second-order valence-electron chi connectivity index (χ2n) is 8.28. The van der Waals surface area contributed by atoms with Gasteiger partial charge in [-0.3, -0.25) is 14.9 Å². The maximum atomic E-state index is 12.5. The fourth-order valence-electron chi connectivity index (χ4n) is 4.19. The Kier molecular flexibility index (Phi) is 6.92. The SMILES string of the molecule is C[C@H](NC(=O)CCc1cccc(NC(=O)OCC2c3ccccc3-c3ccccc32)c1)C(=O)O. The lowest BCUT2D eigenvalue weighted by Crippen LogP contribution is -2.38. The Hall–Kier alpha value is -4.13. The average Bonchev–Trinajstić information content (AvgIpc) is 3.15. The number of carboxylic acids is 1. The third kappa shape index (κ3) is 5.26. The molecule has 0 aliphatic heterocycles. The van der Waals surface area contributed by atoms with Gasteiger partial charge in [-0.1, -0.05) is 60.7 Å². The molecule has 1 atom stereocenters. The number of anilines is 1. The minimum absolute atomic E-state index is 0.0174. The van der Waals surface area contributed by atoms with Crippen LogP contribution in [0.15, 0.2) is 72.8 Å². The van der Waals surface area contributed by atoms with Gasteiger partial charge in [0.1, 0.15) is 12.6 Å². The molecule has 174 valence electrons. The fourth-order valence-corrected chi connectivity index (χ4v) is 4.19. The maximum absolute atomic E-state index is 12.5. The van der Waals surface area contributed by atoms with E-state index in [1.165, 1.54) is 18.1 Å². The third-order valence-electron chi connectivity index (χ3n) is 5.91. The topological polar surface area (TPSA) is 105 Å². The molecule has 1 aliphatic carbocycles. The molecule has 0 saturated heterocycles. The van der Waals surface area contributed by atoms with Crippen LogP contribution < -0.4 is 10.6 Å². The molecule has 7 heteroatoms. The second kappa shape index (κ2) is 10.2. The summed E-state index contributed by atoms with van der Waals surface area (Å²) in [6, 6.07) is 22.5. The highest BCUT2D eigenvalue weighted by Gasteiger charge is 2.29. The van der Waals surface area contributed by atoms with Gasteiger partial charge < -0.3 is 15.2 Å². The van der Waals surface area contributed by atoms with E-state index in [9.17, 15) is 14.4 Å². The first-order valence-corrected chi connectivity index (χ1v) is 11.2. The van der Waals surface area contributed by atoms with Crippen molar-refractivity contribution in [1.29, 1.82) is 0 Å². The summed E-state index contributed by atoms with van der Waals surface area (Å²) in [6.07, 6.45) is 0.0109. The first kappa shape index (κ1) is 23.0. The van der Waals surface area contributed by atoms with Crippen molar-refractivity contribution in [2.75, 3.05) is 11.9 Å². The molecule has 3 aromatic rings. The number of carbonyl (C=O) groups is 3. The zero-order valence-electron chi connectivity index (χ0n) is 18.8. The molecule has 0 spiro atoms. The molecule has 0 bridgehead atoms. The monoisotopic (exact) mass is 458 g/mol. The van der Waals surface area contributed by atoms with Crippen LogP contribution in [-0.4, -0.2) is 35.7 Å². The fraction of sp³-hybridized carbons (Fsp3) is 0.222. The largest absolute Gasteiger partial charge is 0.480 e. The van der Waals surface area contributed by atoms with E-state index < -0.39 is 18.1 Å². The van der Waals surface area contributed by atoms with Crippen molar-refractivity contribution in [2.45, 2.75) is 31.7 Å². The molecule has 1 aliphatic rings. The van der Waals surface area contributed by atoms with E-state index in [1.54, 1.807) is 18.2 Å². The quantitative estimate of drug-likeness (QED) is 0.459.